The van der Waals surface area contributed by atoms with Gasteiger partial charge in [0.2, 0.25) is 0 Å². The number of aromatic nitrogens is 1. The Hall–Kier alpha value is -1.86. The van der Waals surface area contributed by atoms with E-state index in [4.69, 9.17) is 0 Å². The molecule has 0 aliphatic rings. The summed E-state index contributed by atoms with van der Waals surface area (Å²) in [6.07, 6.45) is 2.43. The van der Waals surface area contributed by atoms with Gasteiger partial charge in [0.05, 0.1) is 5.69 Å². The van der Waals surface area contributed by atoms with Gasteiger partial charge in [0.15, 0.2) is 0 Å². The number of aromatic amines is 1. The fraction of sp³-hybridized carbons (Fsp3) is 0.286. The third-order valence-corrected chi connectivity index (χ3v) is 4.21. The van der Waals surface area contributed by atoms with Crippen LogP contribution >= 0.6 is 0 Å². The Kier molecular flexibility index (Phi) is 4.98. The highest BCUT2D eigenvalue weighted by atomic mass is 32.2. The number of hydrogen-bond acceptors (Lipinski definition) is 3. The number of sulfonamides is 1. The number of anilines is 1. The molecule has 0 radical (unpaired) electrons. The van der Waals surface area contributed by atoms with Gasteiger partial charge in [0.25, 0.3) is 10.0 Å². The number of rotatable bonds is 7. The topological polar surface area (TPSA) is 74.0 Å². The van der Waals surface area contributed by atoms with Gasteiger partial charge in [-0.3, -0.25) is 4.72 Å². The molecule has 0 saturated carbocycles. The first-order chi connectivity index (χ1) is 10.0. The second kappa shape index (κ2) is 6.73. The first-order valence-electron chi connectivity index (χ1n) is 6.67. The molecule has 2 rings (SSSR count). The summed E-state index contributed by atoms with van der Waals surface area (Å²) in [6.45, 7) is 3.49. The summed E-state index contributed by atoms with van der Waals surface area (Å²) < 4.78 is 39.8. The molecule has 0 atom stereocenters. The van der Waals surface area contributed by atoms with Crippen molar-refractivity contribution in [1.82, 2.24) is 10.3 Å². The Morgan fingerprint density at radius 1 is 1.29 bits per heavy atom. The lowest BCUT2D eigenvalue weighted by atomic mass is 10.3. The highest BCUT2D eigenvalue weighted by Crippen LogP contribution is 2.17. The Labute approximate surface area is 123 Å². The fourth-order valence-electron chi connectivity index (χ4n) is 1.84. The minimum absolute atomic E-state index is 0.125. The van der Waals surface area contributed by atoms with Crippen molar-refractivity contribution >= 4 is 15.7 Å². The van der Waals surface area contributed by atoms with E-state index in [1.807, 2.05) is 0 Å². The molecule has 0 fully saturated rings. The van der Waals surface area contributed by atoms with Crippen LogP contribution in [0, 0.1) is 5.82 Å². The molecule has 0 bridgehead atoms. The van der Waals surface area contributed by atoms with E-state index >= 15 is 0 Å². The lowest BCUT2D eigenvalue weighted by Gasteiger charge is -2.06. The van der Waals surface area contributed by atoms with Crippen LogP contribution in [0.15, 0.2) is 41.4 Å². The van der Waals surface area contributed by atoms with Crippen molar-refractivity contribution in [2.45, 2.75) is 24.8 Å². The maximum Gasteiger partial charge on any atom is 0.263 e. The van der Waals surface area contributed by atoms with Crippen LogP contribution in [0.3, 0.4) is 0 Å². The molecule has 0 spiro atoms. The number of H-pyrrole nitrogens is 1. The largest absolute Gasteiger partial charge is 0.363 e. The van der Waals surface area contributed by atoms with Crippen molar-refractivity contribution in [3.8, 4) is 0 Å². The van der Waals surface area contributed by atoms with E-state index in [1.54, 1.807) is 6.07 Å². The third kappa shape index (κ3) is 4.30. The molecule has 1 aromatic carbocycles. The lowest BCUT2D eigenvalue weighted by Crippen LogP contribution is -2.14. The highest BCUT2D eigenvalue weighted by molar-refractivity contribution is 7.92. The zero-order valence-electron chi connectivity index (χ0n) is 11.7. The fourth-order valence-corrected chi connectivity index (χ4v) is 2.91. The van der Waals surface area contributed by atoms with Gasteiger partial charge in [0, 0.05) is 18.4 Å². The third-order valence-electron chi connectivity index (χ3n) is 2.85. The number of nitrogens with one attached hydrogen (secondary N) is 3. The van der Waals surface area contributed by atoms with Gasteiger partial charge >= 0.3 is 0 Å². The van der Waals surface area contributed by atoms with E-state index in [9.17, 15) is 12.8 Å². The molecule has 3 N–H and O–H groups in total. The van der Waals surface area contributed by atoms with Crippen LogP contribution in [0.25, 0.3) is 0 Å². The van der Waals surface area contributed by atoms with Crippen LogP contribution in [0.5, 0.6) is 0 Å². The summed E-state index contributed by atoms with van der Waals surface area (Å²) >= 11 is 0. The molecule has 1 aromatic heterocycles. The van der Waals surface area contributed by atoms with Crippen molar-refractivity contribution in [3.05, 3.63) is 48.0 Å². The second-order valence-electron chi connectivity index (χ2n) is 4.65. The minimum atomic E-state index is -3.72. The highest BCUT2D eigenvalue weighted by Gasteiger charge is 2.16. The first kappa shape index (κ1) is 15.5. The predicted octanol–water partition coefficient (Wildman–Crippen LogP) is 2.45. The quantitative estimate of drug-likeness (QED) is 0.688. The monoisotopic (exact) mass is 311 g/mol. The number of benzene rings is 1. The van der Waals surface area contributed by atoms with Gasteiger partial charge < -0.3 is 10.3 Å². The zero-order valence-corrected chi connectivity index (χ0v) is 12.5. The van der Waals surface area contributed by atoms with Gasteiger partial charge in [-0.1, -0.05) is 13.0 Å². The van der Waals surface area contributed by atoms with Crippen molar-refractivity contribution in [1.29, 1.82) is 0 Å². The Morgan fingerprint density at radius 3 is 2.81 bits per heavy atom. The van der Waals surface area contributed by atoms with Crippen LogP contribution in [0.1, 0.15) is 19.0 Å². The standard InChI is InChI=1S/C14H18FN3O2S/c1-2-6-16-9-13-8-14(10-17-13)21(19,20)18-12-5-3-4-11(15)7-12/h3-5,7-8,10,16-18H,2,6,9H2,1H3. The summed E-state index contributed by atoms with van der Waals surface area (Å²) in [4.78, 5) is 3.04. The van der Waals surface area contributed by atoms with E-state index in [1.165, 1.54) is 24.4 Å². The Balaban J connectivity index is 2.09. The smallest absolute Gasteiger partial charge is 0.263 e. The molecule has 0 aliphatic carbocycles. The Bertz CT molecular complexity index is 698. The predicted molar refractivity (Wildman–Crippen MR) is 80.0 cm³/mol. The summed E-state index contributed by atoms with van der Waals surface area (Å²) in [7, 11) is -3.72. The molecule has 114 valence electrons. The summed E-state index contributed by atoms with van der Waals surface area (Å²) in [5, 5.41) is 3.18. The van der Waals surface area contributed by atoms with Gasteiger partial charge in [-0.15, -0.1) is 0 Å². The minimum Gasteiger partial charge on any atom is -0.363 e. The van der Waals surface area contributed by atoms with Crippen molar-refractivity contribution < 1.29 is 12.8 Å². The number of halogens is 1. The summed E-state index contributed by atoms with van der Waals surface area (Å²) in [6, 6.07) is 6.89. The van der Waals surface area contributed by atoms with E-state index < -0.39 is 15.8 Å². The molecular weight excluding hydrogens is 293 g/mol. The average Bonchev–Trinajstić information content (AvgIpc) is 2.88. The van der Waals surface area contributed by atoms with Crippen LogP contribution < -0.4 is 10.0 Å². The van der Waals surface area contributed by atoms with E-state index in [0.29, 0.717) is 6.54 Å². The van der Waals surface area contributed by atoms with Crippen molar-refractivity contribution in [2.24, 2.45) is 0 Å². The second-order valence-corrected chi connectivity index (χ2v) is 6.34. The van der Waals surface area contributed by atoms with E-state index in [2.05, 4.69) is 21.9 Å². The van der Waals surface area contributed by atoms with Crippen LogP contribution in [0.2, 0.25) is 0 Å². The van der Waals surface area contributed by atoms with Crippen LogP contribution in [-0.4, -0.2) is 19.9 Å². The van der Waals surface area contributed by atoms with Gasteiger partial charge in [-0.05, 0) is 37.2 Å². The average molecular weight is 311 g/mol. The molecule has 7 heteroatoms. The lowest BCUT2D eigenvalue weighted by molar-refractivity contribution is 0.601. The summed E-state index contributed by atoms with van der Waals surface area (Å²) in [5.74, 6) is -0.492. The maximum absolute atomic E-state index is 13.1. The summed E-state index contributed by atoms with van der Waals surface area (Å²) in [5.41, 5.74) is 0.977. The normalized spacial score (nSPS) is 11.5. The van der Waals surface area contributed by atoms with Gasteiger partial charge in [-0.2, -0.15) is 0 Å². The molecular formula is C14H18FN3O2S. The molecule has 1 heterocycles. The van der Waals surface area contributed by atoms with Crippen molar-refractivity contribution in [3.63, 3.8) is 0 Å². The number of hydrogen-bond donors (Lipinski definition) is 3. The van der Waals surface area contributed by atoms with Gasteiger partial charge in [0.1, 0.15) is 10.7 Å². The molecule has 0 aliphatic heterocycles. The zero-order chi connectivity index (χ0) is 15.3. The molecule has 21 heavy (non-hydrogen) atoms. The van der Waals surface area contributed by atoms with E-state index in [-0.39, 0.29) is 10.6 Å². The Morgan fingerprint density at radius 2 is 2.10 bits per heavy atom. The molecule has 0 unspecified atom stereocenters. The van der Waals surface area contributed by atoms with Crippen LogP contribution in [0.4, 0.5) is 10.1 Å². The molecule has 2 aromatic rings. The molecule has 0 saturated heterocycles. The maximum atomic E-state index is 13.1. The molecule has 5 nitrogen and oxygen atoms in total. The molecule has 0 amide bonds. The van der Waals surface area contributed by atoms with Gasteiger partial charge in [-0.25, -0.2) is 12.8 Å². The van der Waals surface area contributed by atoms with Crippen molar-refractivity contribution in [2.75, 3.05) is 11.3 Å². The van der Waals surface area contributed by atoms with Crippen LogP contribution in [-0.2, 0) is 16.6 Å². The van der Waals surface area contributed by atoms with E-state index in [0.717, 1.165) is 24.7 Å². The SMILES string of the molecule is CCCNCc1cc(S(=O)(=O)Nc2cccc(F)c2)c[nH]1. The first-order valence-corrected chi connectivity index (χ1v) is 8.16.